The van der Waals surface area contributed by atoms with E-state index in [0.717, 1.165) is 0 Å². The molecule has 1 aromatic heterocycles. The molecule has 1 fully saturated rings. The van der Waals surface area contributed by atoms with Gasteiger partial charge in [0, 0.05) is 37.2 Å². The van der Waals surface area contributed by atoms with E-state index >= 15 is 0 Å². The van der Waals surface area contributed by atoms with E-state index in [2.05, 4.69) is 10.4 Å². The van der Waals surface area contributed by atoms with Crippen LogP contribution in [0.4, 0.5) is 11.5 Å². The minimum Gasteiger partial charge on any atom is -0.310 e. The Kier molecular flexibility index (Phi) is 6.63. The Morgan fingerprint density at radius 1 is 1.17 bits per heavy atom. The molecule has 1 aliphatic rings. The summed E-state index contributed by atoms with van der Waals surface area (Å²) in [6, 6.07) is 15.5. The second kappa shape index (κ2) is 9.65. The number of nitriles is 1. The SMILES string of the molecule is Cc1cc(NC(=O)C2CCN(S(=O)(=O)c3ccccc3C#N)CC2)n(-c2ccc([N+](=O)[O-])cc2)n1. The van der Waals surface area contributed by atoms with Crippen LogP contribution < -0.4 is 5.32 Å². The zero-order valence-electron chi connectivity index (χ0n) is 18.8. The van der Waals surface area contributed by atoms with E-state index in [-0.39, 0.29) is 35.1 Å². The molecule has 35 heavy (non-hydrogen) atoms. The molecule has 0 saturated carbocycles. The van der Waals surface area contributed by atoms with E-state index in [9.17, 15) is 28.6 Å². The third kappa shape index (κ3) is 4.91. The van der Waals surface area contributed by atoms with Gasteiger partial charge in [0.15, 0.2) is 0 Å². The van der Waals surface area contributed by atoms with Crippen molar-refractivity contribution in [2.75, 3.05) is 18.4 Å². The molecule has 1 saturated heterocycles. The number of aryl methyl sites for hydroxylation is 1. The van der Waals surface area contributed by atoms with Crippen molar-refractivity contribution in [3.05, 3.63) is 76.0 Å². The van der Waals surface area contributed by atoms with Gasteiger partial charge in [-0.2, -0.15) is 14.7 Å². The van der Waals surface area contributed by atoms with Crippen molar-refractivity contribution < 1.29 is 18.1 Å². The third-order valence-electron chi connectivity index (χ3n) is 5.84. The lowest BCUT2D eigenvalue weighted by Crippen LogP contribution is -2.41. The predicted molar refractivity (Wildman–Crippen MR) is 126 cm³/mol. The number of amides is 1. The molecule has 2 heterocycles. The number of nitrogens with one attached hydrogen (secondary N) is 1. The van der Waals surface area contributed by atoms with E-state index in [1.165, 1.54) is 33.3 Å². The fourth-order valence-corrected chi connectivity index (χ4v) is 5.62. The Morgan fingerprint density at radius 3 is 2.46 bits per heavy atom. The summed E-state index contributed by atoms with van der Waals surface area (Å²) in [6.07, 6.45) is 0.648. The van der Waals surface area contributed by atoms with Crippen LogP contribution in [0.15, 0.2) is 59.5 Å². The number of benzene rings is 2. The van der Waals surface area contributed by atoms with Crippen LogP contribution in [0.1, 0.15) is 24.1 Å². The quantitative estimate of drug-likeness (QED) is 0.408. The number of aromatic nitrogens is 2. The first-order valence-electron chi connectivity index (χ1n) is 10.8. The smallest absolute Gasteiger partial charge is 0.269 e. The minimum absolute atomic E-state index is 0.0344. The van der Waals surface area contributed by atoms with Crippen molar-refractivity contribution >= 4 is 27.4 Å². The maximum absolute atomic E-state index is 13.0. The first-order valence-corrected chi connectivity index (χ1v) is 12.3. The molecule has 0 radical (unpaired) electrons. The maximum Gasteiger partial charge on any atom is 0.269 e. The predicted octanol–water partition coefficient (Wildman–Crippen LogP) is 3.00. The summed E-state index contributed by atoms with van der Waals surface area (Å²) in [6.45, 7) is 2.07. The van der Waals surface area contributed by atoms with Gasteiger partial charge in [0.1, 0.15) is 11.9 Å². The molecule has 3 aromatic rings. The second-order valence-electron chi connectivity index (χ2n) is 8.13. The van der Waals surface area contributed by atoms with Gasteiger partial charge in [0.05, 0.1) is 26.8 Å². The number of piperidine rings is 1. The summed E-state index contributed by atoms with van der Waals surface area (Å²) in [5.74, 6) is -0.255. The Labute approximate surface area is 201 Å². The van der Waals surface area contributed by atoms with Gasteiger partial charge in [-0.15, -0.1) is 0 Å². The standard InChI is InChI=1S/C23H22N6O5S/c1-16-14-22(28(26-16)19-6-8-20(9-7-19)29(31)32)25-23(30)17-10-12-27(13-11-17)35(33,34)21-5-3-2-4-18(21)15-24/h2-9,14,17H,10-13H2,1H3,(H,25,30). The number of carbonyl (C=O) groups excluding carboxylic acids is 1. The zero-order chi connectivity index (χ0) is 25.2. The van der Waals surface area contributed by atoms with Crippen LogP contribution in [0.5, 0.6) is 0 Å². The highest BCUT2D eigenvalue weighted by Gasteiger charge is 2.33. The van der Waals surface area contributed by atoms with Gasteiger partial charge in [-0.05, 0) is 44.0 Å². The van der Waals surface area contributed by atoms with E-state index < -0.39 is 20.9 Å². The summed E-state index contributed by atoms with van der Waals surface area (Å²) in [4.78, 5) is 23.4. The van der Waals surface area contributed by atoms with Gasteiger partial charge in [0.2, 0.25) is 15.9 Å². The molecule has 4 rings (SSSR count). The van der Waals surface area contributed by atoms with Crippen LogP contribution >= 0.6 is 0 Å². The molecular formula is C23H22N6O5S. The Bertz CT molecular complexity index is 1420. The highest BCUT2D eigenvalue weighted by molar-refractivity contribution is 7.89. The monoisotopic (exact) mass is 494 g/mol. The lowest BCUT2D eigenvalue weighted by molar-refractivity contribution is -0.384. The molecule has 0 spiro atoms. The highest BCUT2D eigenvalue weighted by atomic mass is 32.2. The van der Waals surface area contributed by atoms with Crippen molar-refractivity contribution in [2.24, 2.45) is 5.92 Å². The first-order chi connectivity index (χ1) is 16.7. The minimum atomic E-state index is -3.84. The number of hydrogen-bond donors (Lipinski definition) is 1. The molecule has 0 atom stereocenters. The summed E-state index contributed by atoms with van der Waals surface area (Å²) in [5, 5.41) is 27.4. The average molecular weight is 495 g/mol. The molecule has 0 unspecified atom stereocenters. The van der Waals surface area contributed by atoms with Crippen LogP contribution in [0.2, 0.25) is 0 Å². The summed E-state index contributed by atoms with van der Waals surface area (Å²) < 4.78 is 28.8. The number of sulfonamides is 1. The van der Waals surface area contributed by atoms with Crippen molar-refractivity contribution in [3.8, 4) is 11.8 Å². The average Bonchev–Trinajstić information content (AvgIpc) is 3.23. The number of nitro benzene ring substituents is 1. The summed E-state index contributed by atoms with van der Waals surface area (Å²) in [7, 11) is -3.84. The van der Waals surface area contributed by atoms with Gasteiger partial charge in [-0.3, -0.25) is 14.9 Å². The number of nitro groups is 1. The van der Waals surface area contributed by atoms with Crippen molar-refractivity contribution in [1.29, 1.82) is 5.26 Å². The van der Waals surface area contributed by atoms with Gasteiger partial charge >= 0.3 is 0 Å². The lowest BCUT2D eigenvalue weighted by atomic mass is 9.97. The summed E-state index contributed by atoms with van der Waals surface area (Å²) in [5.41, 5.74) is 1.23. The molecule has 11 nitrogen and oxygen atoms in total. The van der Waals surface area contributed by atoms with Crippen LogP contribution in [0.25, 0.3) is 5.69 Å². The molecule has 12 heteroatoms. The summed E-state index contributed by atoms with van der Waals surface area (Å²) >= 11 is 0. The Morgan fingerprint density at radius 2 is 1.83 bits per heavy atom. The first kappa shape index (κ1) is 24.1. The zero-order valence-corrected chi connectivity index (χ0v) is 19.6. The van der Waals surface area contributed by atoms with Crippen LogP contribution in [0, 0.1) is 34.3 Å². The number of nitrogens with zero attached hydrogens (tertiary/aromatic N) is 5. The highest BCUT2D eigenvalue weighted by Crippen LogP contribution is 2.27. The normalized spacial score (nSPS) is 14.9. The second-order valence-corrected chi connectivity index (χ2v) is 10.0. The fourth-order valence-electron chi connectivity index (χ4n) is 4.01. The number of rotatable bonds is 6. The molecule has 1 amide bonds. The van der Waals surface area contributed by atoms with Crippen molar-refractivity contribution in [1.82, 2.24) is 14.1 Å². The Hall–Kier alpha value is -4.08. The lowest BCUT2D eigenvalue weighted by Gasteiger charge is -2.30. The fraction of sp³-hybridized carbons (Fsp3) is 0.261. The topological polar surface area (TPSA) is 151 Å². The number of carbonyl (C=O) groups is 1. The molecule has 0 aliphatic carbocycles. The van der Waals surface area contributed by atoms with Gasteiger partial charge in [0.25, 0.3) is 5.69 Å². The number of hydrogen-bond acceptors (Lipinski definition) is 7. The van der Waals surface area contributed by atoms with E-state index in [0.29, 0.717) is 30.0 Å². The van der Waals surface area contributed by atoms with Crippen LogP contribution in [-0.4, -0.2) is 46.4 Å². The number of non-ortho nitro benzene ring substituents is 1. The van der Waals surface area contributed by atoms with Gasteiger partial charge < -0.3 is 5.32 Å². The third-order valence-corrected chi connectivity index (χ3v) is 7.79. The number of anilines is 1. The molecule has 2 aromatic carbocycles. The molecular weight excluding hydrogens is 472 g/mol. The largest absolute Gasteiger partial charge is 0.310 e. The van der Waals surface area contributed by atoms with E-state index in [4.69, 9.17) is 0 Å². The Balaban J connectivity index is 1.45. The van der Waals surface area contributed by atoms with Crippen molar-refractivity contribution in [2.45, 2.75) is 24.7 Å². The van der Waals surface area contributed by atoms with Crippen molar-refractivity contribution in [3.63, 3.8) is 0 Å². The van der Waals surface area contributed by atoms with E-state index in [1.807, 2.05) is 6.07 Å². The van der Waals surface area contributed by atoms with Gasteiger partial charge in [-0.25, -0.2) is 13.1 Å². The molecule has 0 bridgehead atoms. The van der Waals surface area contributed by atoms with Crippen LogP contribution in [-0.2, 0) is 14.8 Å². The molecule has 1 aliphatic heterocycles. The van der Waals surface area contributed by atoms with Gasteiger partial charge in [-0.1, -0.05) is 12.1 Å². The maximum atomic E-state index is 13.0. The molecule has 180 valence electrons. The molecule has 1 N–H and O–H groups in total. The van der Waals surface area contributed by atoms with E-state index in [1.54, 1.807) is 37.3 Å². The van der Waals surface area contributed by atoms with Crippen LogP contribution in [0.3, 0.4) is 0 Å².